The molecule has 3 amide bonds. The van der Waals surface area contributed by atoms with E-state index in [9.17, 15) is 29.4 Å². The monoisotopic (exact) mass is 514 g/mol. The number of hydrogen-bond acceptors (Lipinski definition) is 7. The van der Waals surface area contributed by atoms with Gasteiger partial charge < -0.3 is 37.0 Å². The summed E-state index contributed by atoms with van der Waals surface area (Å²) >= 11 is 0. The Kier molecular flexibility index (Phi) is 11.0. The Morgan fingerprint density at radius 3 is 1.86 bits per heavy atom. The maximum atomic E-state index is 13.2. The minimum absolute atomic E-state index is 0.00948. The summed E-state index contributed by atoms with van der Waals surface area (Å²) in [5, 5.41) is 36.0. The molecule has 2 aromatic rings. The van der Waals surface area contributed by atoms with Crippen LogP contribution in [0.2, 0.25) is 0 Å². The van der Waals surface area contributed by atoms with Gasteiger partial charge >= 0.3 is 5.97 Å². The van der Waals surface area contributed by atoms with Crippen LogP contribution < -0.4 is 21.7 Å². The quantitative estimate of drug-likeness (QED) is 0.189. The molecule has 0 saturated heterocycles. The molecule has 0 aliphatic heterocycles. The van der Waals surface area contributed by atoms with Crippen molar-refractivity contribution in [1.82, 2.24) is 16.0 Å². The Morgan fingerprint density at radius 1 is 0.784 bits per heavy atom. The smallest absolute Gasteiger partial charge is 0.326 e. The summed E-state index contributed by atoms with van der Waals surface area (Å²) in [5.74, 6) is -3.75. The normalized spacial score (nSPS) is 14.2. The van der Waals surface area contributed by atoms with Crippen molar-refractivity contribution in [1.29, 1.82) is 0 Å². The fourth-order valence-corrected chi connectivity index (χ4v) is 3.54. The number of phenolic OH excluding ortho intramolecular Hbond substituents is 1. The Bertz CT molecular complexity index is 1060. The van der Waals surface area contributed by atoms with Gasteiger partial charge in [0.05, 0.1) is 6.61 Å². The number of benzene rings is 2. The molecule has 0 aromatic heterocycles. The van der Waals surface area contributed by atoms with Crippen LogP contribution in [-0.2, 0) is 32.0 Å². The lowest BCUT2D eigenvalue weighted by atomic mass is 10.00. The standard InChI is InChI=1S/C26H34N4O7/c1-15(2)22(30-23(33)19(27)14-31)25(35)28-20(12-17-8-10-18(32)11-9-17)24(34)29-21(26(36)37)13-16-6-4-3-5-7-16/h3-11,15,19-22,31-32H,12-14,27H2,1-2H3,(H,28,35)(H,29,34)(H,30,33)(H,36,37). The minimum atomic E-state index is -1.25. The summed E-state index contributed by atoms with van der Waals surface area (Å²) in [6.07, 6.45) is 0.0238. The lowest BCUT2D eigenvalue weighted by Gasteiger charge is -2.27. The number of nitrogens with one attached hydrogen (secondary N) is 3. The van der Waals surface area contributed by atoms with Gasteiger partial charge in [-0.15, -0.1) is 0 Å². The van der Waals surface area contributed by atoms with Crippen molar-refractivity contribution in [3.8, 4) is 5.75 Å². The van der Waals surface area contributed by atoms with E-state index in [1.807, 2.05) is 0 Å². The van der Waals surface area contributed by atoms with Gasteiger partial charge in [0.2, 0.25) is 17.7 Å². The number of aliphatic hydroxyl groups excluding tert-OH is 1. The molecule has 0 aliphatic rings. The van der Waals surface area contributed by atoms with Crippen molar-refractivity contribution in [3.05, 3.63) is 65.7 Å². The third-order valence-corrected chi connectivity index (χ3v) is 5.69. The number of rotatable bonds is 13. The van der Waals surface area contributed by atoms with Gasteiger partial charge in [0.15, 0.2) is 0 Å². The maximum Gasteiger partial charge on any atom is 0.326 e. The van der Waals surface area contributed by atoms with Crippen molar-refractivity contribution in [3.63, 3.8) is 0 Å². The summed E-state index contributed by atoms with van der Waals surface area (Å²) < 4.78 is 0. The third-order valence-electron chi connectivity index (χ3n) is 5.69. The molecule has 0 saturated carbocycles. The average molecular weight is 515 g/mol. The highest BCUT2D eigenvalue weighted by molar-refractivity contribution is 5.94. The molecule has 11 heteroatoms. The van der Waals surface area contributed by atoms with Crippen LogP contribution >= 0.6 is 0 Å². The predicted molar refractivity (Wildman–Crippen MR) is 135 cm³/mol. The molecule has 2 aromatic carbocycles. The Balaban J connectivity index is 2.26. The van der Waals surface area contributed by atoms with Crippen molar-refractivity contribution in [2.45, 2.75) is 50.9 Å². The molecular weight excluding hydrogens is 480 g/mol. The lowest BCUT2D eigenvalue weighted by Crippen LogP contribution is -2.59. The van der Waals surface area contributed by atoms with Crippen molar-refractivity contribution in [2.24, 2.45) is 11.7 Å². The first kappa shape index (κ1) is 29.3. The van der Waals surface area contributed by atoms with Crippen molar-refractivity contribution in [2.75, 3.05) is 6.61 Å². The number of aliphatic hydroxyl groups is 1. The number of phenols is 1. The van der Waals surface area contributed by atoms with Crippen LogP contribution in [0, 0.1) is 5.92 Å². The zero-order chi connectivity index (χ0) is 27.5. The van der Waals surface area contributed by atoms with Crippen molar-refractivity contribution >= 4 is 23.7 Å². The summed E-state index contributed by atoms with van der Waals surface area (Å²) in [5.41, 5.74) is 6.84. The van der Waals surface area contributed by atoms with Gasteiger partial charge in [-0.1, -0.05) is 56.3 Å². The van der Waals surface area contributed by atoms with E-state index < -0.39 is 60.4 Å². The van der Waals surface area contributed by atoms with Gasteiger partial charge in [0.1, 0.15) is 29.9 Å². The molecule has 0 fully saturated rings. The maximum absolute atomic E-state index is 13.2. The molecule has 0 heterocycles. The second kappa shape index (κ2) is 14.0. The molecule has 200 valence electrons. The van der Waals surface area contributed by atoms with E-state index >= 15 is 0 Å². The van der Waals surface area contributed by atoms with Gasteiger partial charge in [0, 0.05) is 12.8 Å². The van der Waals surface area contributed by atoms with E-state index in [4.69, 9.17) is 10.8 Å². The van der Waals surface area contributed by atoms with Crippen LogP contribution in [0.4, 0.5) is 0 Å². The zero-order valence-corrected chi connectivity index (χ0v) is 20.8. The highest BCUT2D eigenvalue weighted by Crippen LogP contribution is 2.13. The van der Waals surface area contributed by atoms with Crippen LogP contribution in [0.1, 0.15) is 25.0 Å². The molecule has 0 spiro atoms. The fourth-order valence-electron chi connectivity index (χ4n) is 3.54. The molecule has 0 aliphatic carbocycles. The number of carboxylic acid groups (broad SMARTS) is 1. The van der Waals surface area contributed by atoms with E-state index in [1.165, 1.54) is 12.1 Å². The number of carboxylic acids is 1. The average Bonchev–Trinajstić information content (AvgIpc) is 2.87. The number of aromatic hydroxyl groups is 1. The molecule has 0 bridgehead atoms. The third kappa shape index (κ3) is 9.21. The molecule has 11 nitrogen and oxygen atoms in total. The summed E-state index contributed by atoms with van der Waals surface area (Å²) in [6, 6.07) is 10.0. The number of carbonyl (C=O) groups is 4. The molecule has 0 radical (unpaired) electrons. The summed E-state index contributed by atoms with van der Waals surface area (Å²) in [7, 11) is 0. The number of aliphatic carboxylic acids is 1. The van der Waals surface area contributed by atoms with Crippen LogP contribution in [0.25, 0.3) is 0 Å². The molecule has 4 atom stereocenters. The topological polar surface area (TPSA) is 191 Å². The van der Waals surface area contributed by atoms with Crippen LogP contribution in [-0.4, -0.2) is 69.8 Å². The van der Waals surface area contributed by atoms with E-state index in [0.717, 1.165) is 0 Å². The van der Waals surface area contributed by atoms with Crippen LogP contribution in [0.15, 0.2) is 54.6 Å². The molecular formula is C26H34N4O7. The largest absolute Gasteiger partial charge is 0.508 e. The number of amides is 3. The molecule has 8 N–H and O–H groups in total. The zero-order valence-electron chi connectivity index (χ0n) is 20.8. The Labute approximate surface area is 215 Å². The lowest BCUT2D eigenvalue weighted by molar-refractivity contribution is -0.142. The highest BCUT2D eigenvalue weighted by atomic mass is 16.4. The summed E-state index contributed by atoms with van der Waals surface area (Å²) in [4.78, 5) is 50.4. The van der Waals surface area contributed by atoms with E-state index in [0.29, 0.717) is 11.1 Å². The molecule has 37 heavy (non-hydrogen) atoms. The first-order valence-electron chi connectivity index (χ1n) is 11.8. The Morgan fingerprint density at radius 2 is 1.32 bits per heavy atom. The number of hydrogen-bond donors (Lipinski definition) is 7. The Hall–Kier alpha value is -3.96. The predicted octanol–water partition coefficient (Wildman–Crippen LogP) is -0.308. The summed E-state index contributed by atoms with van der Waals surface area (Å²) in [6.45, 7) is 2.76. The van der Waals surface area contributed by atoms with Gasteiger partial charge in [-0.05, 0) is 29.2 Å². The van der Waals surface area contributed by atoms with Gasteiger partial charge in [-0.2, -0.15) is 0 Å². The van der Waals surface area contributed by atoms with E-state index in [2.05, 4.69) is 16.0 Å². The first-order chi connectivity index (χ1) is 17.5. The van der Waals surface area contributed by atoms with Crippen molar-refractivity contribution < 1.29 is 34.5 Å². The fraction of sp³-hybridized carbons (Fsp3) is 0.385. The van der Waals surface area contributed by atoms with Gasteiger partial charge in [-0.3, -0.25) is 14.4 Å². The second-order valence-corrected chi connectivity index (χ2v) is 9.04. The van der Waals surface area contributed by atoms with Crippen LogP contribution in [0.3, 0.4) is 0 Å². The van der Waals surface area contributed by atoms with E-state index in [-0.39, 0.29) is 18.6 Å². The minimum Gasteiger partial charge on any atom is -0.508 e. The molecule has 2 rings (SSSR count). The highest BCUT2D eigenvalue weighted by Gasteiger charge is 2.32. The number of carbonyl (C=O) groups excluding carboxylic acids is 3. The van der Waals surface area contributed by atoms with Gasteiger partial charge in [-0.25, -0.2) is 4.79 Å². The first-order valence-corrected chi connectivity index (χ1v) is 11.8. The number of nitrogens with two attached hydrogens (primary N) is 1. The van der Waals surface area contributed by atoms with E-state index in [1.54, 1.807) is 56.3 Å². The SMILES string of the molecule is CC(C)C(NC(=O)C(N)CO)C(=O)NC(Cc1ccc(O)cc1)C(=O)NC(Cc1ccccc1)C(=O)O. The van der Waals surface area contributed by atoms with Gasteiger partial charge in [0.25, 0.3) is 0 Å². The van der Waals surface area contributed by atoms with Crippen LogP contribution in [0.5, 0.6) is 5.75 Å². The second-order valence-electron chi connectivity index (χ2n) is 9.04. The molecule has 4 unspecified atom stereocenters.